The first-order valence-corrected chi connectivity index (χ1v) is 11.6. The Labute approximate surface area is 199 Å². The Morgan fingerprint density at radius 2 is 1.72 bits per heavy atom. The van der Waals surface area contributed by atoms with Crippen molar-refractivity contribution in [2.75, 3.05) is 13.2 Å². The molecule has 0 radical (unpaired) electrons. The van der Waals surface area contributed by atoms with E-state index in [2.05, 4.69) is 4.99 Å². The number of halogens is 2. The smallest absolute Gasteiger partial charge is 0.279 e. The average Bonchev–Trinajstić information content (AvgIpc) is 3.15. The molecule has 5 nitrogen and oxygen atoms in total. The highest BCUT2D eigenvalue weighted by molar-refractivity contribution is 7.16. The third-order valence-electron chi connectivity index (χ3n) is 4.67. The molecular formula is C24H20Cl2N2O3S. The maximum atomic E-state index is 12.9. The van der Waals surface area contributed by atoms with Gasteiger partial charge in [0.25, 0.3) is 5.91 Å². The van der Waals surface area contributed by atoms with E-state index in [0.29, 0.717) is 45.9 Å². The van der Waals surface area contributed by atoms with Crippen molar-refractivity contribution in [3.05, 3.63) is 87.1 Å². The lowest BCUT2D eigenvalue weighted by atomic mass is 10.2. The number of hydrogen-bond acceptors (Lipinski definition) is 4. The van der Waals surface area contributed by atoms with E-state index in [1.807, 2.05) is 47.9 Å². The molecule has 0 bridgehead atoms. The lowest BCUT2D eigenvalue weighted by Gasteiger charge is -2.07. The second kappa shape index (κ2) is 10.3. The van der Waals surface area contributed by atoms with Crippen molar-refractivity contribution >= 4 is 50.7 Å². The van der Waals surface area contributed by atoms with Gasteiger partial charge in [-0.15, -0.1) is 0 Å². The Balaban J connectivity index is 1.65. The van der Waals surface area contributed by atoms with E-state index in [1.165, 1.54) is 11.3 Å². The van der Waals surface area contributed by atoms with Crippen LogP contribution >= 0.6 is 34.5 Å². The van der Waals surface area contributed by atoms with Crippen molar-refractivity contribution in [3.8, 4) is 11.5 Å². The quantitative estimate of drug-likeness (QED) is 0.277. The van der Waals surface area contributed by atoms with Gasteiger partial charge in [-0.25, -0.2) is 0 Å². The van der Waals surface area contributed by atoms with Gasteiger partial charge in [-0.3, -0.25) is 4.79 Å². The molecule has 0 N–H and O–H groups in total. The molecule has 1 amide bonds. The van der Waals surface area contributed by atoms with Crippen molar-refractivity contribution in [1.29, 1.82) is 0 Å². The summed E-state index contributed by atoms with van der Waals surface area (Å²) in [5.41, 5.74) is 1.21. The molecule has 0 fully saturated rings. The summed E-state index contributed by atoms with van der Waals surface area (Å²) in [5.74, 6) is 1.02. The molecule has 4 rings (SSSR count). The molecule has 0 saturated heterocycles. The van der Waals surface area contributed by atoms with E-state index >= 15 is 0 Å². The highest BCUT2D eigenvalue weighted by Crippen LogP contribution is 2.32. The lowest BCUT2D eigenvalue weighted by Crippen LogP contribution is -2.20. The maximum Gasteiger partial charge on any atom is 0.279 e. The van der Waals surface area contributed by atoms with Crippen LogP contribution in [0.3, 0.4) is 0 Å². The average molecular weight is 487 g/mol. The van der Waals surface area contributed by atoms with Crippen LogP contribution in [0.2, 0.25) is 10.0 Å². The predicted molar refractivity (Wildman–Crippen MR) is 129 cm³/mol. The number of rotatable bonds is 7. The molecule has 1 aromatic heterocycles. The molecule has 32 heavy (non-hydrogen) atoms. The summed E-state index contributed by atoms with van der Waals surface area (Å²) in [6.07, 6.45) is 0. The largest absolute Gasteiger partial charge is 0.457 e. The first-order chi connectivity index (χ1) is 15.6. The van der Waals surface area contributed by atoms with Gasteiger partial charge in [0, 0.05) is 18.7 Å². The molecule has 0 aliphatic heterocycles. The van der Waals surface area contributed by atoms with Gasteiger partial charge >= 0.3 is 0 Å². The molecule has 4 aromatic rings. The summed E-state index contributed by atoms with van der Waals surface area (Å²) in [5, 5.41) is 0.891. The van der Waals surface area contributed by atoms with Crippen molar-refractivity contribution < 1.29 is 14.3 Å². The van der Waals surface area contributed by atoms with Crippen LogP contribution in [0.25, 0.3) is 10.2 Å². The number of hydrogen-bond donors (Lipinski definition) is 0. The maximum absolute atomic E-state index is 12.9. The van der Waals surface area contributed by atoms with Crippen LogP contribution in [0.15, 0.2) is 71.7 Å². The molecule has 0 spiro atoms. The number of ether oxygens (including phenoxy) is 2. The van der Waals surface area contributed by atoms with Gasteiger partial charge < -0.3 is 14.0 Å². The molecule has 0 aliphatic carbocycles. The Morgan fingerprint density at radius 3 is 2.44 bits per heavy atom. The van der Waals surface area contributed by atoms with Gasteiger partial charge in [-0.1, -0.05) is 52.7 Å². The van der Waals surface area contributed by atoms with Gasteiger partial charge in [0.2, 0.25) is 0 Å². The van der Waals surface area contributed by atoms with Gasteiger partial charge in [0.1, 0.15) is 11.5 Å². The molecule has 8 heteroatoms. The number of aromatic nitrogens is 1. The number of amides is 1. The number of benzene rings is 3. The first-order valence-electron chi connectivity index (χ1n) is 10.0. The number of carbonyl (C=O) groups is 1. The fourth-order valence-electron chi connectivity index (χ4n) is 3.14. The zero-order chi connectivity index (χ0) is 22.5. The SMILES string of the molecule is CCOCCn1c(=NC(=O)c2ccc(Oc3ccccc3)cc2)sc2ccc(Cl)c(Cl)c21. The third-order valence-corrected chi connectivity index (χ3v) is 6.51. The number of thiazole rings is 1. The number of fused-ring (bicyclic) bond motifs is 1. The van der Waals surface area contributed by atoms with Crippen molar-refractivity contribution in [3.63, 3.8) is 0 Å². The molecule has 1 heterocycles. The minimum Gasteiger partial charge on any atom is -0.457 e. The minimum atomic E-state index is -0.352. The van der Waals surface area contributed by atoms with E-state index in [4.69, 9.17) is 32.7 Å². The zero-order valence-corrected chi connectivity index (χ0v) is 19.6. The van der Waals surface area contributed by atoms with Gasteiger partial charge in [0.05, 0.1) is 26.9 Å². The van der Waals surface area contributed by atoms with Crippen LogP contribution in [-0.2, 0) is 11.3 Å². The Kier molecular flexibility index (Phi) is 7.27. The van der Waals surface area contributed by atoms with Crippen LogP contribution in [0.4, 0.5) is 0 Å². The summed E-state index contributed by atoms with van der Waals surface area (Å²) >= 11 is 14.1. The summed E-state index contributed by atoms with van der Waals surface area (Å²) in [6, 6.07) is 20.0. The second-order valence-electron chi connectivity index (χ2n) is 6.80. The topological polar surface area (TPSA) is 52.8 Å². The van der Waals surface area contributed by atoms with E-state index in [0.717, 1.165) is 16.0 Å². The number of para-hydroxylation sites is 1. The summed E-state index contributed by atoms with van der Waals surface area (Å²) in [6.45, 7) is 3.50. The number of carbonyl (C=O) groups excluding carboxylic acids is 1. The van der Waals surface area contributed by atoms with E-state index in [9.17, 15) is 4.79 Å². The predicted octanol–water partition coefficient (Wildman–Crippen LogP) is 6.58. The highest BCUT2D eigenvalue weighted by Gasteiger charge is 2.14. The van der Waals surface area contributed by atoms with Crippen LogP contribution in [0.5, 0.6) is 11.5 Å². The van der Waals surface area contributed by atoms with Crippen LogP contribution < -0.4 is 9.54 Å². The van der Waals surface area contributed by atoms with Crippen molar-refractivity contribution in [1.82, 2.24) is 4.57 Å². The normalized spacial score (nSPS) is 11.8. The molecule has 0 saturated carbocycles. The minimum absolute atomic E-state index is 0.352. The monoisotopic (exact) mass is 486 g/mol. The van der Waals surface area contributed by atoms with Gasteiger partial charge in [0.15, 0.2) is 4.80 Å². The molecular weight excluding hydrogens is 467 g/mol. The van der Waals surface area contributed by atoms with Crippen LogP contribution in [-0.4, -0.2) is 23.7 Å². The van der Waals surface area contributed by atoms with E-state index in [-0.39, 0.29) is 5.91 Å². The number of nitrogens with zero attached hydrogens (tertiary/aromatic N) is 2. The Morgan fingerprint density at radius 1 is 1.00 bits per heavy atom. The van der Waals surface area contributed by atoms with Crippen molar-refractivity contribution in [2.45, 2.75) is 13.5 Å². The second-order valence-corrected chi connectivity index (χ2v) is 8.59. The molecule has 0 unspecified atom stereocenters. The highest BCUT2D eigenvalue weighted by atomic mass is 35.5. The zero-order valence-electron chi connectivity index (χ0n) is 17.3. The molecule has 164 valence electrons. The fraction of sp³-hybridized carbons (Fsp3) is 0.167. The third kappa shape index (κ3) is 5.05. The van der Waals surface area contributed by atoms with E-state index in [1.54, 1.807) is 30.3 Å². The van der Waals surface area contributed by atoms with Gasteiger partial charge in [-0.2, -0.15) is 4.99 Å². The summed E-state index contributed by atoms with van der Waals surface area (Å²) in [7, 11) is 0. The molecule has 0 atom stereocenters. The Bertz CT molecular complexity index is 1300. The molecule has 0 aliphatic rings. The Hall–Kier alpha value is -2.64. The standard InChI is InChI=1S/C24H20Cl2N2O3S/c1-2-30-15-14-28-22-20(13-12-19(25)21(22)26)32-24(28)27-23(29)16-8-10-18(11-9-16)31-17-6-4-3-5-7-17/h3-13H,2,14-15H2,1H3. The summed E-state index contributed by atoms with van der Waals surface area (Å²) < 4.78 is 14.1. The molecule has 3 aromatic carbocycles. The van der Waals surface area contributed by atoms with Crippen molar-refractivity contribution in [2.24, 2.45) is 4.99 Å². The fourth-order valence-corrected chi connectivity index (χ4v) is 4.68. The lowest BCUT2D eigenvalue weighted by molar-refractivity contribution is 0.0996. The summed E-state index contributed by atoms with van der Waals surface area (Å²) in [4.78, 5) is 17.8. The first kappa shape index (κ1) is 22.6. The van der Waals surface area contributed by atoms with E-state index < -0.39 is 0 Å². The van der Waals surface area contributed by atoms with Crippen LogP contribution in [0.1, 0.15) is 17.3 Å². The van der Waals surface area contributed by atoms with Crippen LogP contribution in [0, 0.1) is 0 Å². The van der Waals surface area contributed by atoms with Gasteiger partial charge in [-0.05, 0) is 55.5 Å².